The van der Waals surface area contributed by atoms with Crippen LogP contribution in [0.1, 0.15) is 36.6 Å². The highest BCUT2D eigenvalue weighted by Crippen LogP contribution is 2.29. The number of benzene rings is 2. The second-order valence-electron chi connectivity index (χ2n) is 4.76. The maximum Gasteiger partial charge on any atom is 0.123 e. The molecule has 1 atom stereocenters. The van der Waals surface area contributed by atoms with Gasteiger partial charge in [0.2, 0.25) is 0 Å². The summed E-state index contributed by atoms with van der Waals surface area (Å²) in [6, 6.07) is 13.3. The Kier molecular flexibility index (Phi) is 5.32. The first-order valence-corrected chi connectivity index (χ1v) is 7.72. The second-order valence-corrected chi connectivity index (χ2v) is 5.61. The number of rotatable bonds is 5. The normalized spacial score (nSPS) is 12.4. The summed E-state index contributed by atoms with van der Waals surface area (Å²) in [7, 11) is 0. The molecule has 0 aromatic heterocycles. The Morgan fingerprint density at radius 1 is 1.15 bits per heavy atom. The van der Waals surface area contributed by atoms with Crippen molar-refractivity contribution in [2.45, 2.75) is 26.3 Å². The third-order valence-corrected chi connectivity index (χ3v) is 4.09. The van der Waals surface area contributed by atoms with Crippen molar-refractivity contribution in [3.8, 4) is 0 Å². The molecule has 0 aliphatic heterocycles. The molecular weight excluding hydrogens is 317 g/mol. The molecule has 0 aliphatic rings. The monoisotopic (exact) mass is 335 g/mol. The predicted octanol–water partition coefficient (Wildman–Crippen LogP) is 4.85. The summed E-state index contributed by atoms with van der Waals surface area (Å²) in [5, 5.41) is 3.44. The average molecular weight is 336 g/mol. The highest BCUT2D eigenvalue weighted by molar-refractivity contribution is 9.10. The van der Waals surface area contributed by atoms with Crippen LogP contribution in [0.25, 0.3) is 0 Å². The van der Waals surface area contributed by atoms with E-state index in [1.807, 2.05) is 0 Å². The van der Waals surface area contributed by atoms with Crippen LogP contribution >= 0.6 is 15.9 Å². The molecule has 106 valence electrons. The first kappa shape index (κ1) is 15.2. The van der Waals surface area contributed by atoms with Crippen molar-refractivity contribution in [1.82, 2.24) is 5.32 Å². The molecule has 0 spiro atoms. The zero-order valence-electron chi connectivity index (χ0n) is 11.8. The number of nitrogens with one attached hydrogen (secondary N) is 1. The molecule has 1 nitrogen and oxygen atoms in total. The van der Waals surface area contributed by atoms with Gasteiger partial charge in [0, 0.05) is 4.47 Å². The molecule has 1 unspecified atom stereocenters. The van der Waals surface area contributed by atoms with Crippen molar-refractivity contribution >= 4 is 15.9 Å². The van der Waals surface area contributed by atoms with Gasteiger partial charge in [-0.05, 0) is 47.9 Å². The Morgan fingerprint density at radius 2 is 1.95 bits per heavy atom. The number of aryl methyl sites for hydroxylation is 1. The van der Waals surface area contributed by atoms with E-state index in [4.69, 9.17) is 0 Å². The van der Waals surface area contributed by atoms with Gasteiger partial charge in [0.25, 0.3) is 0 Å². The SMILES string of the molecule is CCNC(c1cccc(CC)c1)c1cc(F)ccc1Br. The molecule has 20 heavy (non-hydrogen) atoms. The maximum atomic E-state index is 13.6. The van der Waals surface area contributed by atoms with Crippen LogP contribution in [0.5, 0.6) is 0 Å². The molecule has 0 radical (unpaired) electrons. The molecule has 0 amide bonds. The molecule has 2 aromatic carbocycles. The zero-order valence-corrected chi connectivity index (χ0v) is 13.4. The molecule has 0 aliphatic carbocycles. The number of halogens is 2. The third-order valence-electron chi connectivity index (χ3n) is 3.37. The summed E-state index contributed by atoms with van der Waals surface area (Å²) in [4.78, 5) is 0. The standard InChI is InChI=1S/C17H19BrFN/c1-3-12-6-5-7-13(10-12)17(20-4-2)15-11-14(19)8-9-16(15)18/h5-11,17,20H,3-4H2,1-2H3. The molecule has 0 heterocycles. The van der Waals surface area contributed by atoms with Gasteiger partial charge in [0.15, 0.2) is 0 Å². The van der Waals surface area contributed by atoms with Gasteiger partial charge in [0.1, 0.15) is 5.82 Å². The van der Waals surface area contributed by atoms with E-state index in [-0.39, 0.29) is 11.9 Å². The lowest BCUT2D eigenvalue weighted by Crippen LogP contribution is -2.22. The van der Waals surface area contributed by atoms with Gasteiger partial charge in [-0.25, -0.2) is 4.39 Å². The quantitative estimate of drug-likeness (QED) is 0.823. The maximum absolute atomic E-state index is 13.6. The fourth-order valence-electron chi connectivity index (χ4n) is 2.34. The van der Waals surface area contributed by atoms with Gasteiger partial charge < -0.3 is 5.32 Å². The molecule has 0 saturated heterocycles. The van der Waals surface area contributed by atoms with Crippen molar-refractivity contribution in [3.05, 3.63) is 69.4 Å². The van der Waals surface area contributed by atoms with Crippen LogP contribution in [0, 0.1) is 5.82 Å². The summed E-state index contributed by atoms with van der Waals surface area (Å²) in [6.45, 7) is 5.02. The minimum Gasteiger partial charge on any atom is -0.306 e. The summed E-state index contributed by atoms with van der Waals surface area (Å²) >= 11 is 3.53. The van der Waals surface area contributed by atoms with Crippen LogP contribution in [-0.2, 0) is 6.42 Å². The third kappa shape index (κ3) is 3.47. The van der Waals surface area contributed by atoms with Crippen molar-refractivity contribution in [2.24, 2.45) is 0 Å². The highest BCUT2D eigenvalue weighted by Gasteiger charge is 2.16. The largest absolute Gasteiger partial charge is 0.306 e. The van der Waals surface area contributed by atoms with E-state index < -0.39 is 0 Å². The number of hydrogen-bond donors (Lipinski definition) is 1. The molecule has 1 N–H and O–H groups in total. The second kappa shape index (κ2) is 7.00. The van der Waals surface area contributed by atoms with Crippen molar-refractivity contribution < 1.29 is 4.39 Å². The van der Waals surface area contributed by atoms with Gasteiger partial charge in [0.05, 0.1) is 6.04 Å². The van der Waals surface area contributed by atoms with E-state index in [9.17, 15) is 4.39 Å². The van der Waals surface area contributed by atoms with Crippen molar-refractivity contribution in [1.29, 1.82) is 0 Å². The molecular formula is C17H19BrFN. The van der Waals surface area contributed by atoms with E-state index in [1.54, 1.807) is 12.1 Å². The summed E-state index contributed by atoms with van der Waals surface area (Å²) in [5.41, 5.74) is 3.38. The van der Waals surface area contributed by atoms with Crippen LogP contribution in [0.2, 0.25) is 0 Å². The fraction of sp³-hybridized carbons (Fsp3) is 0.294. The van der Waals surface area contributed by atoms with Crippen molar-refractivity contribution in [3.63, 3.8) is 0 Å². The van der Waals surface area contributed by atoms with Gasteiger partial charge in [-0.15, -0.1) is 0 Å². The minimum atomic E-state index is -0.210. The van der Waals surface area contributed by atoms with Crippen LogP contribution in [0.4, 0.5) is 4.39 Å². The topological polar surface area (TPSA) is 12.0 Å². The zero-order chi connectivity index (χ0) is 14.5. The van der Waals surface area contributed by atoms with E-state index in [0.29, 0.717) is 0 Å². The fourth-order valence-corrected chi connectivity index (χ4v) is 2.82. The minimum absolute atomic E-state index is 0.00317. The van der Waals surface area contributed by atoms with E-state index in [1.165, 1.54) is 11.6 Å². The Bertz CT molecular complexity index is 583. The van der Waals surface area contributed by atoms with E-state index in [2.05, 4.69) is 59.4 Å². The Balaban J connectivity index is 2.46. The molecule has 0 fully saturated rings. The van der Waals surface area contributed by atoms with E-state index in [0.717, 1.165) is 28.6 Å². The predicted molar refractivity (Wildman–Crippen MR) is 85.4 cm³/mol. The van der Waals surface area contributed by atoms with Crippen LogP contribution < -0.4 is 5.32 Å². The summed E-state index contributed by atoms with van der Waals surface area (Å²) < 4.78 is 14.5. The lowest BCUT2D eigenvalue weighted by atomic mass is 9.96. The average Bonchev–Trinajstić information content (AvgIpc) is 2.47. The Morgan fingerprint density at radius 3 is 2.65 bits per heavy atom. The number of hydrogen-bond acceptors (Lipinski definition) is 1. The lowest BCUT2D eigenvalue weighted by molar-refractivity contribution is 0.601. The van der Waals surface area contributed by atoms with Gasteiger partial charge in [-0.1, -0.05) is 54.0 Å². The van der Waals surface area contributed by atoms with Crippen LogP contribution in [-0.4, -0.2) is 6.54 Å². The summed E-state index contributed by atoms with van der Waals surface area (Å²) in [6.07, 6.45) is 0.997. The van der Waals surface area contributed by atoms with E-state index >= 15 is 0 Å². The summed E-state index contributed by atoms with van der Waals surface area (Å²) in [5.74, 6) is -0.210. The van der Waals surface area contributed by atoms with Crippen LogP contribution in [0.3, 0.4) is 0 Å². The molecule has 0 saturated carbocycles. The lowest BCUT2D eigenvalue weighted by Gasteiger charge is -2.21. The molecule has 0 bridgehead atoms. The van der Waals surface area contributed by atoms with Crippen molar-refractivity contribution in [2.75, 3.05) is 6.54 Å². The Labute approximate surface area is 128 Å². The first-order valence-electron chi connectivity index (χ1n) is 6.92. The van der Waals surface area contributed by atoms with Gasteiger partial charge >= 0.3 is 0 Å². The van der Waals surface area contributed by atoms with Gasteiger partial charge in [-0.2, -0.15) is 0 Å². The smallest absolute Gasteiger partial charge is 0.123 e. The molecule has 2 aromatic rings. The molecule has 2 rings (SSSR count). The Hall–Kier alpha value is -1.19. The van der Waals surface area contributed by atoms with Gasteiger partial charge in [-0.3, -0.25) is 0 Å². The highest BCUT2D eigenvalue weighted by atomic mass is 79.9. The van der Waals surface area contributed by atoms with Crippen LogP contribution in [0.15, 0.2) is 46.9 Å². The molecule has 3 heteroatoms. The first-order chi connectivity index (χ1) is 9.65.